The SMILES string of the molecule is O=c1cc(CO)oc(C(Nc2ccccc2)c2ccc(Br)cc2)c1O. The molecule has 1 unspecified atom stereocenters. The third kappa shape index (κ3) is 3.92. The summed E-state index contributed by atoms with van der Waals surface area (Å²) in [6, 6.07) is 17.3. The number of aliphatic hydroxyl groups excluding tert-OH is 1. The number of hydrogen-bond acceptors (Lipinski definition) is 5. The number of aromatic hydroxyl groups is 1. The maximum atomic E-state index is 12.0. The minimum Gasteiger partial charge on any atom is -0.502 e. The Morgan fingerprint density at radius 2 is 1.76 bits per heavy atom. The monoisotopic (exact) mass is 401 g/mol. The molecule has 1 atom stereocenters. The summed E-state index contributed by atoms with van der Waals surface area (Å²) >= 11 is 3.39. The number of nitrogens with one attached hydrogen (secondary N) is 1. The van der Waals surface area contributed by atoms with Crippen molar-refractivity contribution in [1.82, 2.24) is 0 Å². The average molecular weight is 402 g/mol. The van der Waals surface area contributed by atoms with Crippen molar-refractivity contribution in [2.24, 2.45) is 0 Å². The molecule has 0 spiro atoms. The van der Waals surface area contributed by atoms with E-state index in [1.165, 1.54) is 0 Å². The van der Waals surface area contributed by atoms with Crippen LogP contribution < -0.4 is 10.7 Å². The number of para-hydroxylation sites is 1. The molecule has 0 amide bonds. The van der Waals surface area contributed by atoms with E-state index in [1.54, 1.807) is 0 Å². The van der Waals surface area contributed by atoms with E-state index in [-0.39, 0.29) is 11.5 Å². The van der Waals surface area contributed by atoms with Crippen LogP contribution in [-0.2, 0) is 6.61 Å². The van der Waals surface area contributed by atoms with Gasteiger partial charge in [-0.25, -0.2) is 0 Å². The first-order valence-corrected chi connectivity index (χ1v) is 8.41. The Morgan fingerprint density at radius 3 is 2.40 bits per heavy atom. The minimum absolute atomic E-state index is 0.0581. The van der Waals surface area contributed by atoms with E-state index in [1.807, 2.05) is 54.6 Å². The van der Waals surface area contributed by atoms with E-state index in [4.69, 9.17) is 4.42 Å². The first kappa shape index (κ1) is 17.3. The fourth-order valence-corrected chi connectivity index (χ4v) is 2.75. The predicted octanol–water partition coefficient (Wildman–Crippen LogP) is 3.80. The molecule has 0 fully saturated rings. The van der Waals surface area contributed by atoms with Gasteiger partial charge < -0.3 is 19.9 Å². The van der Waals surface area contributed by atoms with Crippen molar-refractivity contribution >= 4 is 21.6 Å². The van der Waals surface area contributed by atoms with Crippen LogP contribution in [0.25, 0.3) is 0 Å². The number of benzene rings is 2. The van der Waals surface area contributed by atoms with Crippen LogP contribution in [0.4, 0.5) is 5.69 Å². The Bertz CT molecular complexity index is 907. The lowest BCUT2D eigenvalue weighted by atomic mass is 10.0. The van der Waals surface area contributed by atoms with Gasteiger partial charge in [-0.1, -0.05) is 46.3 Å². The molecule has 2 aromatic carbocycles. The third-order valence-electron chi connectivity index (χ3n) is 3.71. The van der Waals surface area contributed by atoms with Gasteiger partial charge in [0.25, 0.3) is 0 Å². The van der Waals surface area contributed by atoms with Crippen LogP contribution in [0, 0.1) is 0 Å². The van der Waals surface area contributed by atoms with Gasteiger partial charge in [0.2, 0.25) is 11.2 Å². The fraction of sp³-hybridized carbons (Fsp3) is 0.105. The molecule has 3 aromatic rings. The Hall–Kier alpha value is -2.57. The molecule has 6 heteroatoms. The van der Waals surface area contributed by atoms with Gasteiger partial charge in [-0.2, -0.15) is 0 Å². The van der Waals surface area contributed by atoms with Crippen molar-refractivity contribution in [3.8, 4) is 5.75 Å². The molecule has 0 saturated heterocycles. The predicted molar refractivity (Wildman–Crippen MR) is 98.6 cm³/mol. The molecule has 0 aliphatic heterocycles. The molecule has 3 N–H and O–H groups in total. The van der Waals surface area contributed by atoms with E-state index >= 15 is 0 Å². The second-order valence-corrected chi connectivity index (χ2v) is 6.36. The summed E-state index contributed by atoms with van der Waals surface area (Å²) in [5, 5.41) is 22.8. The topological polar surface area (TPSA) is 82.7 Å². The van der Waals surface area contributed by atoms with Gasteiger partial charge in [-0.3, -0.25) is 4.79 Å². The molecule has 25 heavy (non-hydrogen) atoms. The summed E-state index contributed by atoms with van der Waals surface area (Å²) in [6.07, 6.45) is 0. The molecule has 0 aliphatic rings. The van der Waals surface area contributed by atoms with E-state index in [9.17, 15) is 15.0 Å². The summed E-state index contributed by atoms with van der Waals surface area (Å²) in [6.45, 7) is -0.430. The third-order valence-corrected chi connectivity index (χ3v) is 4.23. The number of aliphatic hydroxyl groups is 1. The summed E-state index contributed by atoms with van der Waals surface area (Å²) < 4.78 is 6.49. The Kier molecular flexibility index (Phi) is 5.21. The molecule has 0 bridgehead atoms. The number of halogens is 1. The van der Waals surface area contributed by atoms with Crippen LogP contribution in [0.5, 0.6) is 5.75 Å². The van der Waals surface area contributed by atoms with Crippen molar-refractivity contribution in [3.63, 3.8) is 0 Å². The molecular weight excluding hydrogens is 386 g/mol. The zero-order valence-electron chi connectivity index (χ0n) is 13.1. The van der Waals surface area contributed by atoms with Crippen molar-refractivity contribution in [2.45, 2.75) is 12.6 Å². The Labute approximate surface area is 152 Å². The molecule has 0 aliphatic carbocycles. The smallest absolute Gasteiger partial charge is 0.227 e. The minimum atomic E-state index is -0.602. The van der Waals surface area contributed by atoms with Gasteiger partial charge in [-0.05, 0) is 29.8 Å². The highest BCUT2D eigenvalue weighted by molar-refractivity contribution is 9.10. The molecule has 5 nitrogen and oxygen atoms in total. The van der Waals surface area contributed by atoms with Crippen molar-refractivity contribution in [2.75, 3.05) is 5.32 Å². The molecule has 128 valence electrons. The maximum absolute atomic E-state index is 12.0. The highest BCUT2D eigenvalue weighted by Gasteiger charge is 2.23. The molecule has 1 heterocycles. The number of anilines is 1. The molecule has 0 radical (unpaired) electrons. The first-order valence-electron chi connectivity index (χ1n) is 7.62. The Morgan fingerprint density at radius 1 is 1.08 bits per heavy atom. The van der Waals surface area contributed by atoms with E-state index in [2.05, 4.69) is 21.2 Å². The van der Waals surface area contributed by atoms with E-state index in [0.29, 0.717) is 0 Å². The van der Waals surface area contributed by atoms with Crippen LogP contribution in [0.1, 0.15) is 23.1 Å². The van der Waals surface area contributed by atoms with Crippen molar-refractivity contribution in [3.05, 3.63) is 92.4 Å². The van der Waals surface area contributed by atoms with Gasteiger partial charge in [-0.15, -0.1) is 0 Å². The lowest BCUT2D eigenvalue weighted by Gasteiger charge is -2.21. The normalized spacial score (nSPS) is 11.9. The second kappa shape index (κ2) is 7.55. The van der Waals surface area contributed by atoms with Crippen LogP contribution in [0.3, 0.4) is 0 Å². The maximum Gasteiger partial charge on any atom is 0.227 e. The van der Waals surface area contributed by atoms with Gasteiger partial charge in [0.05, 0.1) is 0 Å². The van der Waals surface area contributed by atoms with Gasteiger partial charge in [0, 0.05) is 16.2 Å². The quantitative estimate of drug-likeness (QED) is 0.605. The van der Waals surface area contributed by atoms with Gasteiger partial charge in [0.1, 0.15) is 18.4 Å². The standard InChI is InChI=1S/C19H16BrNO4/c20-13-8-6-12(7-9-13)17(21-14-4-2-1-3-5-14)19-18(24)16(23)10-15(11-22)25-19/h1-10,17,21-22,24H,11H2. The molecule has 1 aromatic heterocycles. The van der Waals surface area contributed by atoms with E-state index < -0.39 is 23.8 Å². The molecular formula is C19H16BrNO4. The van der Waals surface area contributed by atoms with Crippen LogP contribution in [0.15, 0.2) is 74.3 Å². The number of hydrogen-bond donors (Lipinski definition) is 3. The molecule has 0 saturated carbocycles. The summed E-state index contributed by atoms with van der Waals surface area (Å²) in [7, 11) is 0. The fourth-order valence-electron chi connectivity index (χ4n) is 2.49. The van der Waals surface area contributed by atoms with Crippen LogP contribution in [0.2, 0.25) is 0 Å². The second-order valence-electron chi connectivity index (χ2n) is 5.44. The van der Waals surface area contributed by atoms with Crippen LogP contribution >= 0.6 is 15.9 Å². The summed E-state index contributed by atoms with van der Waals surface area (Å²) in [4.78, 5) is 12.0. The van der Waals surface area contributed by atoms with Gasteiger partial charge >= 0.3 is 0 Å². The van der Waals surface area contributed by atoms with Crippen molar-refractivity contribution in [1.29, 1.82) is 0 Å². The summed E-state index contributed by atoms with van der Waals surface area (Å²) in [5.74, 6) is -0.328. The van der Waals surface area contributed by atoms with Gasteiger partial charge in [0.15, 0.2) is 5.76 Å². The average Bonchev–Trinajstić information content (AvgIpc) is 2.64. The van der Waals surface area contributed by atoms with Crippen molar-refractivity contribution < 1.29 is 14.6 Å². The lowest BCUT2D eigenvalue weighted by Crippen LogP contribution is -2.16. The molecule has 3 rings (SSSR count). The number of rotatable bonds is 5. The van der Waals surface area contributed by atoms with E-state index in [0.717, 1.165) is 21.8 Å². The zero-order valence-corrected chi connectivity index (χ0v) is 14.7. The highest BCUT2D eigenvalue weighted by atomic mass is 79.9. The highest BCUT2D eigenvalue weighted by Crippen LogP contribution is 2.32. The largest absolute Gasteiger partial charge is 0.502 e. The first-order chi connectivity index (χ1) is 12.1. The lowest BCUT2D eigenvalue weighted by molar-refractivity contribution is 0.234. The zero-order chi connectivity index (χ0) is 17.8. The summed E-state index contributed by atoms with van der Waals surface area (Å²) in [5.41, 5.74) is 0.995. The van der Waals surface area contributed by atoms with Crippen LogP contribution in [-0.4, -0.2) is 10.2 Å². The Balaban J connectivity index is 2.12.